The number of ether oxygens (including phenoxy) is 1. The molecule has 5 nitrogen and oxygen atoms in total. The van der Waals surface area contributed by atoms with Crippen LogP contribution >= 0.6 is 11.3 Å². The summed E-state index contributed by atoms with van der Waals surface area (Å²) in [6.07, 6.45) is 3.76. The molecule has 0 fully saturated rings. The van der Waals surface area contributed by atoms with E-state index < -0.39 is 0 Å². The van der Waals surface area contributed by atoms with Crippen molar-refractivity contribution < 1.29 is 9.53 Å². The second kappa shape index (κ2) is 7.01. The zero-order valence-corrected chi connectivity index (χ0v) is 15.0. The summed E-state index contributed by atoms with van der Waals surface area (Å²) in [7, 11) is 1.62. The van der Waals surface area contributed by atoms with Gasteiger partial charge in [-0.3, -0.25) is 9.20 Å². The normalized spacial score (nSPS) is 10.8. The van der Waals surface area contributed by atoms with E-state index in [1.807, 2.05) is 53.1 Å². The van der Waals surface area contributed by atoms with Crippen molar-refractivity contribution in [1.29, 1.82) is 0 Å². The van der Waals surface area contributed by atoms with Crippen LogP contribution in [0, 0.1) is 0 Å². The van der Waals surface area contributed by atoms with Crippen molar-refractivity contribution in [3.63, 3.8) is 0 Å². The van der Waals surface area contributed by atoms with Crippen LogP contribution in [0.1, 0.15) is 16.1 Å². The van der Waals surface area contributed by atoms with Gasteiger partial charge in [0, 0.05) is 18.9 Å². The molecule has 26 heavy (non-hydrogen) atoms. The highest BCUT2D eigenvalue weighted by Gasteiger charge is 2.13. The SMILES string of the molecule is COc1cccc(CNC(=O)c2cn3cc(-c4ccccc4)sc3n2)c1. The third-order valence-electron chi connectivity index (χ3n) is 4.03. The van der Waals surface area contributed by atoms with Crippen molar-refractivity contribution in [3.8, 4) is 16.2 Å². The number of aromatic nitrogens is 2. The Hall–Kier alpha value is -3.12. The summed E-state index contributed by atoms with van der Waals surface area (Å²) < 4.78 is 7.09. The Morgan fingerprint density at radius 1 is 1.15 bits per heavy atom. The first kappa shape index (κ1) is 16.4. The Morgan fingerprint density at radius 2 is 2.00 bits per heavy atom. The predicted molar refractivity (Wildman–Crippen MR) is 103 cm³/mol. The van der Waals surface area contributed by atoms with Gasteiger partial charge in [-0.15, -0.1) is 0 Å². The van der Waals surface area contributed by atoms with Gasteiger partial charge in [0.05, 0.1) is 12.0 Å². The lowest BCUT2D eigenvalue weighted by molar-refractivity contribution is 0.0946. The Kier molecular flexibility index (Phi) is 4.41. The molecule has 0 atom stereocenters. The minimum atomic E-state index is -0.190. The lowest BCUT2D eigenvalue weighted by Crippen LogP contribution is -2.23. The monoisotopic (exact) mass is 363 g/mol. The quantitative estimate of drug-likeness (QED) is 0.583. The van der Waals surface area contributed by atoms with Gasteiger partial charge in [-0.05, 0) is 23.3 Å². The fraction of sp³-hybridized carbons (Fsp3) is 0.100. The first-order valence-corrected chi connectivity index (χ1v) is 8.99. The minimum Gasteiger partial charge on any atom is -0.497 e. The van der Waals surface area contributed by atoms with E-state index in [9.17, 15) is 4.79 Å². The van der Waals surface area contributed by atoms with E-state index in [0.717, 1.165) is 26.7 Å². The molecule has 0 aliphatic heterocycles. The number of imidazole rings is 1. The average Bonchev–Trinajstić information content (AvgIpc) is 3.26. The Bertz CT molecular complexity index is 1020. The van der Waals surface area contributed by atoms with Crippen LogP contribution in [0.25, 0.3) is 15.4 Å². The van der Waals surface area contributed by atoms with Crippen molar-refractivity contribution in [3.05, 3.63) is 78.2 Å². The summed E-state index contributed by atoms with van der Waals surface area (Å²) in [5.41, 5.74) is 2.54. The minimum absolute atomic E-state index is 0.190. The van der Waals surface area contributed by atoms with Crippen molar-refractivity contribution in [2.24, 2.45) is 0 Å². The maximum atomic E-state index is 12.4. The maximum absolute atomic E-state index is 12.4. The molecule has 2 aromatic carbocycles. The Morgan fingerprint density at radius 3 is 2.77 bits per heavy atom. The number of carbonyl (C=O) groups is 1. The molecule has 4 aromatic rings. The first-order valence-electron chi connectivity index (χ1n) is 8.18. The number of nitrogens with zero attached hydrogens (tertiary/aromatic N) is 2. The zero-order chi connectivity index (χ0) is 17.9. The van der Waals surface area contributed by atoms with E-state index in [0.29, 0.717) is 12.2 Å². The number of rotatable bonds is 5. The molecule has 2 heterocycles. The Labute approximate surface area is 154 Å². The predicted octanol–water partition coefficient (Wildman–Crippen LogP) is 4.00. The van der Waals surface area contributed by atoms with Crippen LogP contribution in [0.2, 0.25) is 0 Å². The summed E-state index contributed by atoms with van der Waals surface area (Å²) in [5, 5.41) is 2.90. The van der Waals surface area contributed by atoms with Gasteiger partial charge < -0.3 is 10.1 Å². The first-order chi connectivity index (χ1) is 12.7. The highest BCUT2D eigenvalue weighted by Crippen LogP contribution is 2.28. The number of thiazole rings is 1. The van der Waals surface area contributed by atoms with Gasteiger partial charge >= 0.3 is 0 Å². The second-order valence-electron chi connectivity index (χ2n) is 5.81. The molecule has 6 heteroatoms. The molecule has 0 spiro atoms. The molecule has 0 aliphatic rings. The molecular weight excluding hydrogens is 346 g/mol. The largest absolute Gasteiger partial charge is 0.497 e. The molecule has 0 aliphatic carbocycles. The number of methoxy groups -OCH3 is 1. The molecule has 4 rings (SSSR count). The van der Waals surface area contributed by atoms with Gasteiger partial charge in [0.25, 0.3) is 5.91 Å². The highest BCUT2D eigenvalue weighted by molar-refractivity contribution is 7.20. The zero-order valence-electron chi connectivity index (χ0n) is 14.2. The van der Waals surface area contributed by atoms with Gasteiger partial charge in [0.2, 0.25) is 0 Å². The van der Waals surface area contributed by atoms with E-state index in [4.69, 9.17) is 4.74 Å². The molecule has 0 radical (unpaired) electrons. The molecule has 0 saturated carbocycles. The van der Waals surface area contributed by atoms with E-state index in [1.165, 1.54) is 0 Å². The van der Waals surface area contributed by atoms with Crippen molar-refractivity contribution in [1.82, 2.24) is 14.7 Å². The number of hydrogen-bond donors (Lipinski definition) is 1. The fourth-order valence-corrected chi connectivity index (χ4v) is 3.67. The van der Waals surface area contributed by atoms with Gasteiger partial charge in [-0.1, -0.05) is 53.8 Å². The van der Waals surface area contributed by atoms with Crippen LogP contribution in [-0.2, 0) is 6.54 Å². The van der Waals surface area contributed by atoms with Crippen molar-refractivity contribution in [2.45, 2.75) is 6.54 Å². The van der Waals surface area contributed by atoms with E-state index in [-0.39, 0.29) is 5.91 Å². The van der Waals surface area contributed by atoms with Crippen molar-refractivity contribution in [2.75, 3.05) is 7.11 Å². The topological polar surface area (TPSA) is 55.6 Å². The van der Waals surface area contributed by atoms with Gasteiger partial charge in [0.1, 0.15) is 11.4 Å². The van der Waals surface area contributed by atoms with Crippen LogP contribution in [0.4, 0.5) is 0 Å². The summed E-state index contributed by atoms with van der Waals surface area (Å²) in [5.74, 6) is 0.581. The lowest BCUT2D eigenvalue weighted by atomic mass is 10.2. The van der Waals surface area contributed by atoms with Crippen LogP contribution in [0.5, 0.6) is 5.75 Å². The molecule has 0 unspecified atom stereocenters. The van der Waals surface area contributed by atoms with Crippen LogP contribution < -0.4 is 10.1 Å². The number of nitrogens with one attached hydrogen (secondary N) is 1. The summed E-state index contributed by atoms with van der Waals surface area (Å²) in [6.45, 7) is 0.427. The highest BCUT2D eigenvalue weighted by atomic mass is 32.1. The van der Waals surface area contributed by atoms with Crippen molar-refractivity contribution >= 4 is 22.2 Å². The molecule has 0 bridgehead atoms. The van der Waals surface area contributed by atoms with E-state index >= 15 is 0 Å². The van der Waals surface area contributed by atoms with Gasteiger partial charge in [0.15, 0.2) is 4.96 Å². The van der Waals surface area contributed by atoms with Crippen LogP contribution in [0.3, 0.4) is 0 Å². The lowest BCUT2D eigenvalue weighted by Gasteiger charge is -2.05. The molecular formula is C20H17N3O2S. The maximum Gasteiger partial charge on any atom is 0.271 e. The Balaban J connectivity index is 1.48. The van der Waals surface area contributed by atoms with E-state index in [1.54, 1.807) is 24.6 Å². The average molecular weight is 363 g/mol. The second-order valence-corrected chi connectivity index (χ2v) is 6.82. The smallest absolute Gasteiger partial charge is 0.271 e. The molecule has 2 aromatic heterocycles. The number of fused-ring (bicyclic) bond motifs is 1. The summed E-state index contributed by atoms with van der Waals surface area (Å²) >= 11 is 1.56. The number of carbonyl (C=O) groups excluding carboxylic acids is 1. The van der Waals surface area contributed by atoms with Crippen LogP contribution in [-0.4, -0.2) is 22.4 Å². The standard InChI is InChI=1S/C20H17N3O2S/c1-25-16-9-5-6-14(10-16)11-21-19(24)17-12-23-13-18(26-20(23)22-17)15-7-3-2-4-8-15/h2-10,12-13H,11H2,1H3,(H,21,24). The third kappa shape index (κ3) is 3.32. The summed E-state index contributed by atoms with van der Waals surface area (Å²) in [6, 6.07) is 17.8. The van der Waals surface area contributed by atoms with Crippen LogP contribution in [0.15, 0.2) is 67.0 Å². The third-order valence-corrected chi connectivity index (χ3v) is 5.08. The fourth-order valence-electron chi connectivity index (χ4n) is 2.70. The summed E-state index contributed by atoms with van der Waals surface area (Å²) in [4.78, 5) is 18.8. The number of hydrogen-bond acceptors (Lipinski definition) is 4. The van der Waals surface area contributed by atoms with Gasteiger partial charge in [-0.25, -0.2) is 4.98 Å². The number of amides is 1. The molecule has 0 saturated heterocycles. The molecule has 130 valence electrons. The van der Waals surface area contributed by atoms with E-state index in [2.05, 4.69) is 22.4 Å². The van der Waals surface area contributed by atoms with Gasteiger partial charge in [-0.2, -0.15) is 0 Å². The molecule has 1 N–H and O–H groups in total. The number of benzene rings is 2. The molecule has 1 amide bonds.